The molecule has 5 heteroatoms. The number of aliphatic hydroxyl groups is 1. The Labute approximate surface area is 160 Å². The molecular formula is C22H28FN3O. The van der Waals surface area contributed by atoms with Gasteiger partial charge in [0.05, 0.1) is 6.10 Å². The van der Waals surface area contributed by atoms with Crippen LogP contribution >= 0.6 is 0 Å². The molecule has 2 aliphatic heterocycles. The van der Waals surface area contributed by atoms with Crippen molar-refractivity contribution in [1.82, 2.24) is 4.90 Å². The van der Waals surface area contributed by atoms with Gasteiger partial charge in [-0.15, -0.1) is 0 Å². The Bertz CT molecular complexity index is 757. The molecule has 4 nitrogen and oxygen atoms in total. The monoisotopic (exact) mass is 369 g/mol. The number of nitrogens with zero attached hydrogens (tertiary/aromatic N) is 2. The van der Waals surface area contributed by atoms with Crippen LogP contribution in [0.3, 0.4) is 0 Å². The van der Waals surface area contributed by atoms with Gasteiger partial charge < -0.3 is 15.3 Å². The van der Waals surface area contributed by atoms with E-state index in [1.54, 1.807) is 12.1 Å². The molecular weight excluding hydrogens is 341 g/mol. The lowest BCUT2D eigenvalue weighted by molar-refractivity contribution is 0.154. The quantitative estimate of drug-likeness (QED) is 0.818. The highest BCUT2D eigenvalue weighted by Gasteiger charge is 2.22. The van der Waals surface area contributed by atoms with Crippen molar-refractivity contribution in [2.24, 2.45) is 0 Å². The molecule has 27 heavy (non-hydrogen) atoms. The standard InChI is InChI=1S/C22H28FN3O/c23-18-8-6-17(7-9-18)22(27)5-2-12-25-13-15-26(16-14-25)21-4-1-3-20-19(21)10-11-24-20/h1,3-4,6-9,22,24,27H,2,5,10-16H2. The molecule has 1 unspecified atom stereocenters. The predicted octanol–water partition coefficient (Wildman–Crippen LogP) is 3.43. The fourth-order valence-corrected chi connectivity index (χ4v) is 4.19. The van der Waals surface area contributed by atoms with Gasteiger partial charge in [0.1, 0.15) is 5.82 Å². The number of hydrogen-bond donors (Lipinski definition) is 2. The van der Waals surface area contributed by atoms with E-state index in [9.17, 15) is 9.50 Å². The maximum Gasteiger partial charge on any atom is 0.123 e. The van der Waals surface area contributed by atoms with Crippen LogP contribution in [0.15, 0.2) is 42.5 Å². The molecule has 0 amide bonds. The lowest BCUT2D eigenvalue weighted by atomic mass is 10.0. The first-order valence-electron chi connectivity index (χ1n) is 9.97. The molecule has 144 valence electrons. The first-order chi connectivity index (χ1) is 13.2. The van der Waals surface area contributed by atoms with Crippen molar-refractivity contribution in [2.45, 2.75) is 25.4 Å². The number of hydrogen-bond acceptors (Lipinski definition) is 4. The van der Waals surface area contributed by atoms with E-state index in [1.807, 2.05) is 0 Å². The van der Waals surface area contributed by atoms with Crippen LogP contribution in [0.25, 0.3) is 0 Å². The van der Waals surface area contributed by atoms with Gasteiger partial charge in [0, 0.05) is 49.7 Å². The number of benzene rings is 2. The van der Waals surface area contributed by atoms with Crippen molar-refractivity contribution >= 4 is 11.4 Å². The lowest BCUT2D eigenvalue weighted by Gasteiger charge is -2.37. The van der Waals surface area contributed by atoms with Gasteiger partial charge >= 0.3 is 0 Å². The number of anilines is 2. The molecule has 0 spiro atoms. The van der Waals surface area contributed by atoms with E-state index in [0.717, 1.165) is 57.7 Å². The van der Waals surface area contributed by atoms with E-state index in [4.69, 9.17) is 0 Å². The molecule has 2 aromatic rings. The summed E-state index contributed by atoms with van der Waals surface area (Å²) in [7, 11) is 0. The molecule has 0 bridgehead atoms. The van der Waals surface area contributed by atoms with Crippen molar-refractivity contribution in [3.05, 3.63) is 59.4 Å². The minimum Gasteiger partial charge on any atom is -0.388 e. The van der Waals surface area contributed by atoms with Crippen molar-refractivity contribution < 1.29 is 9.50 Å². The second kappa shape index (κ2) is 8.28. The molecule has 2 aromatic carbocycles. The first kappa shape index (κ1) is 18.3. The Kier molecular flexibility index (Phi) is 5.60. The van der Waals surface area contributed by atoms with E-state index < -0.39 is 6.10 Å². The van der Waals surface area contributed by atoms with Crippen LogP contribution in [0, 0.1) is 5.82 Å². The maximum absolute atomic E-state index is 13.0. The smallest absolute Gasteiger partial charge is 0.123 e. The third-order valence-electron chi connectivity index (χ3n) is 5.76. The van der Waals surface area contributed by atoms with Gasteiger partial charge in [0.25, 0.3) is 0 Å². The molecule has 2 heterocycles. The van der Waals surface area contributed by atoms with Crippen LogP contribution in [-0.2, 0) is 6.42 Å². The molecule has 1 fully saturated rings. The Balaban J connectivity index is 1.23. The number of piperazine rings is 1. The molecule has 0 aliphatic carbocycles. The van der Waals surface area contributed by atoms with Crippen LogP contribution in [0.4, 0.5) is 15.8 Å². The highest BCUT2D eigenvalue weighted by molar-refractivity contribution is 5.69. The van der Waals surface area contributed by atoms with Crippen molar-refractivity contribution in [2.75, 3.05) is 49.5 Å². The average Bonchev–Trinajstić information content (AvgIpc) is 3.18. The summed E-state index contributed by atoms with van der Waals surface area (Å²) in [6, 6.07) is 12.7. The summed E-state index contributed by atoms with van der Waals surface area (Å²) in [4.78, 5) is 4.99. The van der Waals surface area contributed by atoms with Gasteiger partial charge in [-0.3, -0.25) is 4.90 Å². The summed E-state index contributed by atoms with van der Waals surface area (Å²) in [5.74, 6) is -0.260. The predicted molar refractivity (Wildman–Crippen MR) is 108 cm³/mol. The molecule has 0 aromatic heterocycles. The average molecular weight is 369 g/mol. The van der Waals surface area contributed by atoms with Crippen LogP contribution in [-0.4, -0.2) is 49.3 Å². The second-order valence-electron chi connectivity index (χ2n) is 7.52. The molecule has 1 saturated heterocycles. The van der Waals surface area contributed by atoms with Crippen LogP contribution in [0.1, 0.15) is 30.1 Å². The summed E-state index contributed by atoms with van der Waals surface area (Å²) in [5.41, 5.74) is 4.95. The summed E-state index contributed by atoms with van der Waals surface area (Å²) in [6.45, 7) is 6.27. The van der Waals surface area contributed by atoms with Crippen LogP contribution < -0.4 is 10.2 Å². The van der Waals surface area contributed by atoms with Gasteiger partial charge in [-0.25, -0.2) is 4.39 Å². The molecule has 2 N–H and O–H groups in total. The third kappa shape index (κ3) is 4.25. The van der Waals surface area contributed by atoms with Crippen molar-refractivity contribution in [3.8, 4) is 0 Å². The summed E-state index contributed by atoms with van der Waals surface area (Å²) >= 11 is 0. The second-order valence-corrected chi connectivity index (χ2v) is 7.52. The Morgan fingerprint density at radius 2 is 1.81 bits per heavy atom. The largest absolute Gasteiger partial charge is 0.388 e. The van der Waals surface area contributed by atoms with Gasteiger partial charge in [0.2, 0.25) is 0 Å². The Morgan fingerprint density at radius 3 is 2.59 bits per heavy atom. The summed E-state index contributed by atoms with van der Waals surface area (Å²) in [5, 5.41) is 13.7. The summed E-state index contributed by atoms with van der Waals surface area (Å²) in [6.07, 6.45) is 2.27. The number of nitrogens with one attached hydrogen (secondary N) is 1. The third-order valence-corrected chi connectivity index (χ3v) is 5.76. The fraction of sp³-hybridized carbons (Fsp3) is 0.455. The minimum atomic E-state index is -0.508. The van der Waals surface area contributed by atoms with Crippen molar-refractivity contribution in [1.29, 1.82) is 0 Å². The van der Waals surface area contributed by atoms with Crippen LogP contribution in [0.5, 0.6) is 0 Å². The minimum absolute atomic E-state index is 0.260. The maximum atomic E-state index is 13.0. The number of fused-ring (bicyclic) bond motifs is 1. The molecule has 4 rings (SSSR count). The van der Waals surface area contributed by atoms with Crippen LogP contribution in [0.2, 0.25) is 0 Å². The van der Waals surface area contributed by atoms with E-state index in [-0.39, 0.29) is 5.82 Å². The fourth-order valence-electron chi connectivity index (χ4n) is 4.19. The van der Waals surface area contributed by atoms with E-state index in [1.165, 1.54) is 29.1 Å². The van der Waals surface area contributed by atoms with Gasteiger partial charge in [-0.05, 0) is 55.6 Å². The van der Waals surface area contributed by atoms with Gasteiger partial charge in [-0.2, -0.15) is 0 Å². The highest BCUT2D eigenvalue weighted by atomic mass is 19.1. The molecule has 2 aliphatic rings. The number of halogens is 1. The number of rotatable bonds is 6. The SMILES string of the molecule is OC(CCCN1CCN(c2cccc3c2CCN3)CC1)c1ccc(F)cc1. The Hall–Kier alpha value is -2.11. The first-order valence-corrected chi connectivity index (χ1v) is 9.97. The zero-order valence-corrected chi connectivity index (χ0v) is 15.7. The summed E-state index contributed by atoms with van der Waals surface area (Å²) < 4.78 is 13.0. The Morgan fingerprint density at radius 1 is 1.04 bits per heavy atom. The van der Waals surface area contributed by atoms with Gasteiger partial charge in [-0.1, -0.05) is 18.2 Å². The topological polar surface area (TPSA) is 38.7 Å². The van der Waals surface area contributed by atoms with E-state index >= 15 is 0 Å². The normalized spacial score (nSPS) is 18.2. The molecule has 0 saturated carbocycles. The molecule has 1 atom stereocenters. The van der Waals surface area contributed by atoms with E-state index in [2.05, 4.69) is 33.3 Å². The highest BCUT2D eigenvalue weighted by Crippen LogP contribution is 2.32. The van der Waals surface area contributed by atoms with Gasteiger partial charge in [0.15, 0.2) is 0 Å². The number of aliphatic hydroxyl groups excluding tert-OH is 1. The zero-order valence-electron chi connectivity index (χ0n) is 15.7. The molecule has 0 radical (unpaired) electrons. The zero-order chi connectivity index (χ0) is 18.6. The lowest BCUT2D eigenvalue weighted by Crippen LogP contribution is -2.46. The van der Waals surface area contributed by atoms with Crippen molar-refractivity contribution in [3.63, 3.8) is 0 Å². The van der Waals surface area contributed by atoms with E-state index in [0.29, 0.717) is 6.42 Å².